The topological polar surface area (TPSA) is 44.5 Å². The highest BCUT2D eigenvalue weighted by atomic mass is 35.5. The first-order valence-electron chi connectivity index (χ1n) is 5.27. The Labute approximate surface area is 117 Å². The quantitative estimate of drug-likeness (QED) is 0.938. The van der Waals surface area contributed by atoms with Crippen molar-refractivity contribution in [2.45, 2.75) is 6.04 Å². The molecule has 1 atom stereocenters. The van der Waals surface area contributed by atoms with E-state index in [0.29, 0.717) is 0 Å². The first-order chi connectivity index (χ1) is 8.26. The fraction of sp³-hybridized carbons (Fsp3) is 0.231. The minimum absolute atomic E-state index is 0. The lowest BCUT2D eigenvalue weighted by Gasteiger charge is -2.15. The number of rotatable bonds is 4. The van der Waals surface area contributed by atoms with E-state index in [-0.39, 0.29) is 18.4 Å². The molecule has 0 saturated heterocycles. The summed E-state index contributed by atoms with van der Waals surface area (Å²) in [6.07, 6.45) is 0. The van der Waals surface area contributed by atoms with Crippen LogP contribution in [0.25, 0.3) is 0 Å². The fourth-order valence-corrected chi connectivity index (χ4v) is 2.44. The van der Waals surface area contributed by atoms with E-state index in [2.05, 4.69) is 0 Å². The van der Waals surface area contributed by atoms with Crippen molar-refractivity contribution in [1.82, 2.24) is 0 Å². The molecule has 0 amide bonds. The summed E-state index contributed by atoms with van der Waals surface area (Å²) in [6.45, 7) is 0. The Balaban J connectivity index is 0.00000162. The molecule has 0 saturated carbocycles. The maximum atomic E-state index is 6.22. The highest BCUT2D eigenvalue weighted by Crippen LogP contribution is 2.33. The van der Waals surface area contributed by atoms with Crippen LogP contribution in [0.5, 0.6) is 11.5 Å². The van der Waals surface area contributed by atoms with Crippen LogP contribution in [0.2, 0.25) is 0 Å². The standard InChI is InChI=1S/C13H15NO2S.ClH/c1-15-9-5-6-10(11(8-9)16-2)13(14)12-4-3-7-17-12;/h3-8,13H,14H2,1-2H3;1H/t13-;/m1./s1. The molecule has 1 heterocycles. The second kappa shape index (κ2) is 6.64. The van der Waals surface area contributed by atoms with Crippen molar-refractivity contribution in [2.24, 2.45) is 5.73 Å². The number of hydrogen-bond donors (Lipinski definition) is 1. The van der Waals surface area contributed by atoms with Gasteiger partial charge in [0.1, 0.15) is 11.5 Å². The second-order valence-electron chi connectivity index (χ2n) is 3.60. The van der Waals surface area contributed by atoms with E-state index in [9.17, 15) is 0 Å². The largest absolute Gasteiger partial charge is 0.497 e. The number of methoxy groups -OCH3 is 2. The van der Waals surface area contributed by atoms with E-state index < -0.39 is 0 Å². The molecule has 18 heavy (non-hydrogen) atoms. The van der Waals surface area contributed by atoms with Crippen LogP contribution >= 0.6 is 23.7 Å². The van der Waals surface area contributed by atoms with Gasteiger partial charge in [0.15, 0.2) is 0 Å². The molecule has 98 valence electrons. The zero-order chi connectivity index (χ0) is 12.3. The molecule has 5 heteroatoms. The normalized spacial score (nSPS) is 11.5. The summed E-state index contributed by atoms with van der Waals surface area (Å²) >= 11 is 1.64. The van der Waals surface area contributed by atoms with Crippen molar-refractivity contribution in [2.75, 3.05) is 14.2 Å². The van der Waals surface area contributed by atoms with Crippen LogP contribution in [-0.2, 0) is 0 Å². The molecule has 0 fully saturated rings. The molecule has 1 aromatic heterocycles. The van der Waals surface area contributed by atoms with Crippen molar-refractivity contribution >= 4 is 23.7 Å². The summed E-state index contributed by atoms with van der Waals surface area (Å²) in [4.78, 5) is 1.12. The molecular formula is C13H16ClNO2S. The Morgan fingerprint density at radius 1 is 1.17 bits per heavy atom. The van der Waals surface area contributed by atoms with Crippen molar-refractivity contribution < 1.29 is 9.47 Å². The lowest BCUT2D eigenvalue weighted by Crippen LogP contribution is -2.11. The Hall–Kier alpha value is -1.23. The molecule has 0 aliphatic rings. The molecule has 2 rings (SSSR count). The molecular weight excluding hydrogens is 270 g/mol. The smallest absolute Gasteiger partial charge is 0.127 e. The molecule has 1 aromatic carbocycles. The first-order valence-corrected chi connectivity index (χ1v) is 6.15. The summed E-state index contributed by atoms with van der Waals surface area (Å²) in [6, 6.07) is 9.56. The SMILES string of the molecule is COc1ccc([C@@H](N)c2cccs2)c(OC)c1.Cl. The van der Waals surface area contributed by atoms with E-state index in [1.165, 1.54) is 0 Å². The number of halogens is 1. The highest BCUT2D eigenvalue weighted by molar-refractivity contribution is 7.10. The fourth-order valence-electron chi connectivity index (χ4n) is 1.70. The number of benzene rings is 1. The van der Waals surface area contributed by atoms with Gasteiger partial charge in [-0.25, -0.2) is 0 Å². The third-order valence-electron chi connectivity index (χ3n) is 2.63. The van der Waals surface area contributed by atoms with Gasteiger partial charge in [-0.15, -0.1) is 23.7 Å². The van der Waals surface area contributed by atoms with Crippen molar-refractivity contribution in [1.29, 1.82) is 0 Å². The Morgan fingerprint density at radius 3 is 2.50 bits per heavy atom. The van der Waals surface area contributed by atoms with Crippen molar-refractivity contribution in [3.05, 3.63) is 46.2 Å². The van der Waals surface area contributed by atoms with Gasteiger partial charge in [0, 0.05) is 16.5 Å². The number of hydrogen-bond acceptors (Lipinski definition) is 4. The average molecular weight is 286 g/mol. The van der Waals surface area contributed by atoms with Crippen LogP contribution in [0.1, 0.15) is 16.5 Å². The summed E-state index contributed by atoms with van der Waals surface area (Å²) in [5.74, 6) is 1.52. The van der Waals surface area contributed by atoms with Crippen LogP contribution in [0.4, 0.5) is 0 Å². The van der Waals surface area contributed by atoms with Crippen LogP contribution in [-0.4, -0.2) is 14.2 Å². The summed E-state index contributed by atoms with van der Waals surface area (Å²) in [7, 11) is 3.27. The van der Waals surface area contributed by atoms with Crippen LogP contribution < -0.4 is 15.2 Å². The van der Waals surface area contributed by atoms with Gasteiger partial charge in [0.05, 0.1) is 20.3 Å². The summed E-state index contributed by atoms with van der Waals surface area (Å²) in [5.41, 5.74) is 7.19. The molecule has 3 nitrogen and oxygen atoms in total. The molecule has 0 spiro atoms. The zero-order valence-electron chi connectivity index (χ0n) is 10.3. The zero-order valence-corrected chi connectivity index (χ0v) is 11.9. The lowest BCUT2D eigenvalue weighted by molar-refractivity contribution is 0.390. The molecule has 0 bridgehead atoms. The van der Waals surface area contributed by atoms with Crippen LogP contribution in [0.15, 0.2) is 35.7 Å². The van der Waals surface area contributed by atoms with E-state index in [4.69, 9.17) is 15.2 Å². The minimum atomic E-state index is -0.157. The van der Waals surface area contributed by atoms with Gasteiger partial charge >= 0.3 is 0 Å². The molecule has 0 aliphatic carbocycles. The van der Waals surface area contributed by atoms with E-state index in [1.54, 1.807) is 25.6 Å². The Morgan fingerprint density at radius 2 is 1.94 bits per heavy atom. The van der Waals surface area contributed by atoms with Gasteiger partial charge < -0.3 is 15.2 Å². The molecule has 0 radical (unpaired) electrons. The Bertz CT molecular complexity index is 488. The van der Waals surface area contributed by atoms with E-state index in [1.807, 2.05) is 35.7 Å². The van der Waals surface area contributed by atoms with E-state index in [0.717, 1.165) is 21.9 Å². The summed E-state index contributed by atoms with van der Waals surface area (Å²) < 4.78 is 10.5. The Kier molecular flexibility index (Phi) is 5.47. The van der Waals surface area contributed by atoms with Gasteiger partial charge in [0.25, 0.3) is 0 Å². The number of nitrogens with two attached hydrogens (primary N) is 1. The van der Waals surface area contributed by atoms with Crippen LogP contribution in [0, 0.1) is 0 Å². The number of thiophene rings is 1. The minimum Gasteiger partial charge on any atom is -0.497 e. The summed E-state index contributed by atoms with van der Waals surface area (Å²) in [5, 5.41) is 2.02. The van der Waals surface area contributed by atoms with Gasteiger partial charge in [-0.3, -0.25) is 0 Å². The second-order valence-corrected chi connectivity index (χ2v) is 4.58. The van der Waals surface area contributed by atoms with Gasteiger partial charge in [0.2, 0.25) is 0 Å². The number of ether oxygens (including phenoxy) is 2. The van der Waals surface area contributed by atoms with Crippen LogP contribution in [0.3, 0.4) is 0 Å². The maximum Gasteiger partial charge on any atom is 0.127 e. The van der Waals surface area contributed by atoms with E-state index >= 15 is 0 Å². The first kappa shape index (κ1) is 14.8. The molecule has 2 N–H and O–H groups in total. The predicted molar refractivity (Wildman–Crippen MR) is 77.1 cm³/mol. The lowest BCUT2D eigenvalue weighted by atomic mass is 10.0. The highest BCUT2D eigenvalue weighted by Gasteiger charge is 2.15. The van der Waals surface area contributed by atoms with Gasteiger partial charge in [-0.2, -0.15) is 0 Å². The molecule has 2 aromatic rings. The predicted octanol–water partition coefficient (Wildman–Crippen LogP) is 3.24. The molecule has 0 unspecified atom stereocenters. The third-order valence-corrected chi connectivity index (χ3v) is 3.58. The monoisotopic (exact) mass is 285 g/mol. The van der Waals surface area contributed by atoms with Crippen molar-refractivity contribution in [3.8, 4) is 11.5 Å². The molecule has 0 aliphatic heterocycles. The van der Waals surface area contributed by atoms with Crippen molar-refractivity contribution in [3.63, 3.8) is 0 Å². The van der Waals surface area contributed by atoms with Gasteiger partial charge in [-0.1, -0.05) is 6.07 Å². The third kappa shape index (κ3) is 2.96. The average Bonchev–Trinajstić information content (AvgIpc) is 2.91. The maximum absolute atomic E-state index is 6.22. The van der Waals surface area contributed by atoms with Gasteiger partial charge in [-0.05, 0) is 23.6 Å².